The number of nitrogens with one attached hydrogen (secondary N) is 2. The van der Waals surface area contributed by atoms with E-state index in [1.165, 1.54) is 5.56 Å². The van der Waals surface area contributed by atoms with Gasteiger partial charge in [0.15, 0.2) is 5.96 Å². The summed E-state index contributed by atoms with van der Waals surface area (Å²) in [7, 11) is 1.69. The van der Waals surface area contributed by atoms with E-state index in [2.05, 4.69) is 63.8 Å². The second-order valence-electron chi connectivity index (χ2n) is 13.8. The van der Waals surface area contributed by atoms with Gasteiger partial charge in [0.25, 0.3) is 0 Å². The van der Waals surface area contributed by atoms with E-state index in [-0.39, 0.29) is 18.0 Å². The lowest BCUT2D eigenvalue weighted by atomic mass is 9.96. The number of methoxy groups -OCH3 is 1. The van der Waals surface area contributed by atoms with E-state index in [0.717, 1.165) is 74.2 Å². The molecule has 2 aromatic carbocycles. The van der Waals surface area contributed by atoms with Crippen LogP contribution in [0.2, 0.25) is 0 Å². The molecule has 3 rings (SSSR count). The molecule has 15 heteroatoms. The summed E-state index contributed by atoms with van der Waals surface area (Å²) in [5.74, 6) is -1.47. The Morgan fingerprint density at radius 3 is 2.23 bits per heavy atom. The van der Waals surface area contributed by atoms with Crippen molar-refractivity contribution in [2.45, 2.75) is 91.0 Å². The summed E-state index contributed by atoms with van der Waals surface area (Å²) in [5, 5.41) is 12.7. The number of hydrogen-bond acceptors (Lipinski definition) is 8. The summed E-state index contributed by atoms with van der Waals surface area (Å²) in [6.07, 6.45) is 0.288. The van der Waals surface area contributed by atoms with Gasteiger partial charge in [-0.3, -0.25) is 20.0 Å². The molecule has 0 unspecified atom stereocenters. The second-order valence-corrected chi connectivity index (χ2v) is 13.8. The summed E-state index contributed by atoms with van der Waals surface area (Å²) in [6.45, 7) is 13.0. The van der Waals surface area contributed by atoms with Crippen LogP contribution < -0.4 is 21.1 Å². The number of carboxylic acid groups (broad SMARTS) is 1. The molecule has 1 fully saturated rings. The molecule has 2 aromatic rings. The largest absolute Gasteiger partial charge is 0.493 e. The van der Waals surface area contributed by atoms with Crippen molar-refractivity contribution in [2.75, 3.05) is 46.5 Å². The number of rotatable bonds is 16. The Hall–Kier alpha value is -4.37. The average Bonchev–Trinajstić information content (AvgIpc) is 3.09. The Kier molecular flexibility index (Phi) is 19.1. The highest BCUT2D eigenvalue weighted by Gasteiger charge is 2.38. The van der Waals surface area contributed by atoms with Crippen LogP contribution in [0.5, 0.6) is 5.75 Å². The molecule has 2 amide bonds. The Labute approximate surface area is 310 Å². The first-order valence-corrected chi connectivity index (χ1v) is 17.9. The number of alkyl halides is 3. The molecule has 0 saturated carbocycles. The maximum atomic E-state index is 12.4. The molecule has 1 saturated heterocycles. The molecule has 0 spiro atoms. The van der Waals surface area contributed by atoms with Gasteiger partial charge in [0, 0.05) is 51.8 Å². The highest BCUT2D eigenvalue weighted by molar-refractivity contribution is 5.96. The molecular formula is C38H56F3N5O7. The van der Waals surface area contributed by atoms with Gasteiger partial charge in [-0.1, -0.05) is 49.7 Å². The number of nitrogens with two attached hydrogens (primary N) is 1. The van der Waals surface area contributed by atoms with Crippen LogP contribution in [0, 0.1) is 5.92 Å². The van der Waals surface area contributed by atoms with Gasteiger partial charge < -0.3 is 30.4 Å². The lowest BCUT2D eigenvalue weighted by molar-refractivity contribution is -0.192. The Bertz CT molecular complexity index is 1460. The number of carboxylic acids is 1. The molecule has 296 valence electrons. The van der Waals surface area contributed by atoms with Crippen molar-refractivity contribution in [3.8, 4) is 16.9 Å². The zero-order valence-corrected chi connectivity index (χ0v) is 31.5. The fraction of sp³-hybridized carbons (Fsp3) is 0.579. The summed E-state index contributed by atoms with van der Waals surface area (Å²) in [4.78, 5) is 40.0. The van der Waals surface area contributed by atoms with Crippen LogP contribution >= 0.6 is 0 Å². The van der Waals surface area contributed by atoms with Gasteiger partial charge >= 0.3 is 18.2 Å². The van der Waals surface area contributed by atoms with Crippen molar-refractivity contribution in [1.29, 1.82) is 0 Å². The molecule has 1 aliphatic rings. The first kappa shape index (κ1) is 44.8. The quantitative estimate of drug-likeness (QED) is 0.0875. The maximum absolute atomic E-state index is 12.4. The first-order chi connectivity index (χ1) is 25.0. The van der Waals surface area contributed by atoms with E-state index in [1.54, 1.807) is 7.11 Å². The zero-order chi connectivity index (χ0) is 39.4. The van der Waals surface area contributed by atoms with Gasteiger partial charge in [-0.2, -0.15) is 13.2 Å². The fourth-order valence-electron chi connectivity index (χ4n) is 5.26. The van der Waals surface area contributed by atoms with Crippen molar-refractivity contribution < 1.29 is 46.9 Å². The number of unbranched alkanes of at least 4 members (excludes halogenated alkanes) is 1. The summed E-state index contributed by atoms with van der Waals surface area (Å²) in [5.41, 5.74) is 9.74. The van der Waals surface area contributed by atoms with E-state index in [9.17, 15) is 22.8 Å². The topological polar surface area (TPSA) is 165 Å². The van der Waals surface area contributed by atoms with Crippen LogP contribution in [0.1, 0.15) is 77.3 Å². The van der Waals surface area contributed by atoms with Crippen molar-refractivity contribution in [2.24, 2.45) is 16.6 Å². The minimum absolute atomic E-state index is 0.151. The van der Waals surface area contributed by atoms with Gasteiger partial charge in [-0.15, -0.1) is 0 Å². The van der Waals surface area contributed by atoms with Crippen LogP contribution in [-0.4, -0.2) is 92.2 Å². The van der Waals surface area contributed by atoms with Crippen molar-refractivity contribution in [1.82, 2.24) is 15.5 Å². The predicted octanol–water partition coefficient (Wildman–Crippen LogP) is 6.30. The van der Waals surface area contributed by atoms with Gasteiger partial charge in [-0.25, -0.2) is 9.59 Å². The van der Waals surface area contributed by atoms with Crippen molar-refractivity contribution in [3.63, 3.8) is 0 Å². The number of guanidine groups is 1. The third-order valence-corrected chi connectivity index (χ3v) is 8.05. The maximum Gasteiger partial charge on any atom is 0.490 e. The summed E-state index contributed by atoms with van der Waals surface area (Å²) >= 11 is 0. The molecule has 1 aliphatic heterocycles. The van der Waals surface area contributed by atoms with Crippen LogP contribution in [0.15, 0.2) is 47.5 Å². The molecule has 0 atom stereocenters. The molecule has 5 N–H and O–H groups in total. The van der Waals surface area contributed by atoms with Gasteiger partial charge in [0.1, 0.15) is 11.4 Å². The average molecular weight is 752 g/mol. The number of benzene rings is 2. The molecule has 0 bridgehead atoms. The number of carbonyl (C=O) groups is 3. The Morgan fingerprint density at radius 1 is 1.00 bits per heavy atom. The summed E-state index contributed by atoms with van der Waals surface area (Å²) in [6, 6.07) is 14.8. The van der Waals surface area contributed by atoms with Crippen molar-refractivity contribution in [3.05, 3.63) is 53.6 Å². The number of alkyl carbamates (subject to hydrolysis) is 1. The number of aliphatic carboxylic acids is 1. The van der Waals surface area contributed by atoms with Crippen LogP contribution in [0.4, 0.5) is 18.0 Å². The minimum atomic E-state index is -5.08. The van der Waals surface area contributed by atoms with Crippen molar-refractivity contribution >= 4 is 23.9 Å². The Balaban J connectivity index is 0.00000126. The monoisotopic (exact) mass is 751 g/mol. The molecule has 53 heavy (non-hydrogen) atoms. The zero-order valence-electron chi connectivity index (χ0n) is 31.5. The third-order valence-electron chi connectivity index (χ3n) is 8.05. The van der Waals surface area contributed by atoms with E-state index < -0.39 is 17.7 Å². The van der Waals surface area contributed by atoms with Crippen LogP contribution in [-0.2, 0) is 32.0 Å². The lowest BCUT2D eigenvalue weighted by Gasteiger charge is -2.32. The third kappa shape index (κ3) is 18.8. The normalized spacial score (nSPS) is 14.2. The molecule has 12 nitrogen and oxygen atoms in total. The standard InChI is InChI=1S/C36H55N5O5.C2HF3O2/c1-6-7-19-38-34(37)40-33(42)16-12-27-11-15-31(32(24-27)45-23-8-22-44-5)30-13-9-29(10-14-30)26-41-20-17-28(18-21-41)25-39-35(43)46-36(2,3)4;3-2(4,5)1(6)7/h9-11,13-15,24,28H,6-8,12,16-23,25-26H2,1-5H3,(H,39,43)(H3,37,38,40,42);(H,6,7). The fourth-order valence-corrected chi connectivity index (χ4v) is 5.26. The lowest BCUT2D eigenvalue weighted by Crippen LogP contribution is -2.40. The number of carbonyl (C=O) groups excluding carboxylic acids is 2. The number of likely N-dealkylation sites (tertiary alicyclic amines) is 1. The molecule has 0 aromatic heterocycles. The number of amides is 2. The van der Waals surface area contributed by atoms with Gasteiger partial charge in [-0.05, 0) is 88.2 Å². The number of aliphatic imine (C=N–C) groups is 1. The second kappa shape index (κ2) is 22.6. The number of aryl methyl sites for hydroxylation is 1. The minimum Gasteiger partial charge on any atom is -0.493 e. The molecular weight excluding hydrogens is 695 g/mol. The van der Waals surface area contributed by atoms with Crippen LogP contribution in [0.25, 0.3) is 11.1 Å². The molecule has 0 aliphatic carbocycles. The summed E-state index contributed by atoms with van der Waals surface area (Å²) < 4.78 is 48.5. The predicted molar refractivity (Wildman–Crippen MR) is 198 cm³/mol. The number of piperidine rings is 1. The number of hydrogen-bond donors (Lipinski definition) is 4. The van der Waals surface area contributed by atoms with E-state index in [0.29, 0.717) is 45.1 Å². The van der Waals surface area contributed by atoms with Crippen LogP contribution in [0.3, 0.4) is 0 Å². The molecule has 1 heterocycles. The first-order valence-electron chi connectivity index (χ1n) is 17.9. The van der Waals surface area contributed by atoms with E-state index >= 15 is 0 Å². The smallest absolute Gasteiger partial charge is 0.490 e. The van der Waals surface area contributed by atoms with E-state index in [1.807, 2.05) is 26.8 Å². The van der Waals surface area contributed by atoms with Gasteiger partial charge in [0.05, 0.1) is 6.61 Å². The number of nitrogens with zero attached hydrogens (tertiary/aromatic N) is 2. The Morgan fingerprint density at radius 2 is 1.64 bits per heavy atom. The number of halogens is 3. The highest BCUT2D eigenvalue weighted by Crippen LogP contribution is 2.32. The van der Waals surface area contributed by atoms with Gasteiger partial charge in [0.2, 0.25) is 5.91 Å². The van der Waals surface area contributed by atoms with E-state index in [4.69, 9.17) is 29.8 Å². The number of ether oxygens (including phenoxy) is 3. The SMILES string of the molecule is CCCCN=C(N)NC(=O)CCc1ccc(-c2ccc(CN3CCC(CNC(=O)OC(C)(C)C)CC3)cc2)c(OCCCOC)c1.O=C(O)C(F)(F)F. The highest BCUT2D eigenvalue weighted by atomic mass is 19.4. The molecule has 0 radical (unpaired) electrons.